The molecule has 22 heavy (non-hydrogen) atoms. The maximum Gasteiger partial charge on any atom is 0.337 e. The van der Waals surface area contributed by atoms with Crippen molar-refractivity contribution in [3.05, 3.63) is 46.8 Å². The number of hydrogen-bond acceptors (Lipinski definition) is 5. The molecule has 2 aromatic rings. The zero-order valence-corrected chi connectivity index (χ0v) is 12.8. The van der Waals surface area contributed by atoms with Gasteiger partial charge in [-0.1, -0.05) is 6.07 Å². The zero-order valence-electron chi connectivity index (χ0n) is 12.0. The predicted molar refractivity (Wildman–Crippen MR) is 84.4 cm³/mol. The van der Waals surface area contributed by atoms with Gasteiger partial charge in [-0.05, 0) is 30.3 Å². The molecule has 0 saturated carbocycles. The van der Waals surface area contributed by atoms with Gasteiger partial charge in [-0.2, -0.15) is 0 Å². The van der Waals surface area contributed by atoms with Crippen LogP contribution < -0.4 is 10.6 Å². The average Bonchev–Trinajstić information content (AvgIpc) is 2.94. The van der Waals surface area contributed by atoms with Gasteiger partial charge in [0, 0.05) is 12.6 Å². The summed E-state index contributed by atoms with van der Waals surface area (Å²) in [5, 5.41) is 5.91. The van der Waals surface area contributed by atoms with Crippen molar-refractivity contribution in [1.82, 2.24) is 0 Å². The second kappa shape index (κ2) is 6.86. The lowest BCUT2D eigenvalue weighted by Crippen LogP contribution is -2.11. The first kappa shape index (κ1) is 15.7. The molecule has 114 valence electrons. The van der Waals surface area contributed by atoms with Crippen molar-refractivity contribution in [3.8, 4) is 0 Å². The van der Waals surface area contributed by atoms with Crippen LogP contribution in [0.25, 0.3) is 0 Å². The molecule has 0 aliphatic carbocycles. The predicted octanol–water partition coefficient (Wildman–Crippen LogP) is 2.75. The number of carbonyl (C=O) groups is 3. The van der Waals surface area contributed by atoms with Gasteiger partial charge in [0.05, 0.1) is 22.6 Å². The fraction of sp³-hybridized carbons (Fsp3) is 0.133. The van der Waals surface area contributed by atoms with Gasteiger partial charge in [-0.15, -0.1) is 11.3 Å². The number of carbonyl (C=O) groups excluding carboxylic acids is 3. The Morgan fingerprint density at radius 1 is 1.09 bits per heavy atom. The van der Waals surface area contributed by atoms with Crippen LogP contribution in [0, 0.1) is 0 Å². The van der Waals surface area contributed by atoms with E-state index in [1.165, 1.54) is 31.4 Å². The number of methoxy groups -OCH3 is 1. The number of thiophene rings is 1. The van der Waals surface area contributed by atoms with Gasteiger partial charge in [-0.3, -0.25) is 9.59 Å². The number of ether oxygens (including phenoxy) is 1. The highest BCUT2D eigenvalue weighted by atomic mass is 32.1. The Kier molecular flexibility index (Phi) is 4.90. The molecule has 0 radical (unpaired) electrons. The van der Waals surface area contributed by atoms with Crippen molar-refractivity contribution >= 4 is 39.8 Å². The van der Waals surface area contributed by atoms with E-state index in [1.807, 2.05) is 0 Å². The van der Waals surface area contributed by atoms with Crippen molar-refractivity contribution in [2.24, 2.45) is 0 Å². The van der Waals surface area contributed by atoms with Gasteiger partial charge < -0.3 is 15.4 Å². The molecule has 1 aromatic carbocycles. The molecule has 0 fully saturated rings. The molecular formula is C15H14N2O4S. The highest BCUT2D eigenvalue weighted by Gasteiger charge is 2.12. The summed E-state index contributed by atoms with van der Waals surface area (Å²) in [7, 11) is 1.29. The molecule has 1 heterocycles. The number of benzene rings is 1. The molecular weight excluding hydrogens is 304 g/mol. The molecule has 0 unspecified atom stereocenters. The van der Waals surface area contributed by atoms with Gasteiger partial charge in [0.1, 0.15) is 0 Å². The fourth-order valence-electron chi connectivity index (χ4n) is 1.74. The van der Waals surface area contributed by atoms with E-state index < -0.39 is 5.97 Å². The summed E-state index contributed by atoms with van der Waals surface area (Å²) in [5.74, 6) is -0.983. The van der Waals surface area contributed by atoms with Crippen LogP contribution in [0.2, 0.25) is 0 Å². The Morgan fingerprint density at radius 3 is 2.55 bits per heavy atom. The fourth-order valence-corrected chi connectivity index (χ4v) is 2.58. The van der Waals surface area contributed by atoms with Crippen LogP contribution in [-0.4, -0.2) is 24.9 Å². The largest absolute Gasteiger partial charge is 0.465 e. The summed E-state index contributed by atoms with van der Waals surface area (Å²) >= 11 is 1.17. The molecule has 2 rings (SSSR count). The summed E-state index contributed by atoms with van der Waals surface area (Å²) in [6.45, 7) is 1.40. The summed E-state index contributed by atoms with van der Waals surface area (Å²) in [4.78, 5) is 35.0. The highest BCUT2D eigenvalue weighted by Crippen LogP contribution is 2.23. The van der Waals surface area contributed by atoms with Gasteiger partial charge in [0.2, 0.25) is 5.91 Å². The normalized spacial score (nSPS) is 9.91. The van der Waals surface area contributed by atoms with Gasteiger partial charge >= 0.3 is 5.97 Å². The number of hydrogen-bond donors (Lipinski definition) is 2. The van der Waals surface area contributed by atoms with E-state index in [0.717, 1.165) is 0 Å². The zero-order chi connectivity index (χ0) is 16.1. The van der Waals surface area contributed by atoms with E-state index in [-0.39, 0.29) is 11.8 Å². The molecule has 7 heteroatoms. The summed E-state index contributed by atoms with van der Waals surface area (Å²) in [6, 6.07) is 9.74. The van der Waals surface area contributed by atoms with Crippen molar-refractivity contribution in [1.29, 1.82) is 0 Å². The lowest BCUT2D eigenvalue weighted by molar-refractivity contribution is -0.114. The molecule has 6 nitrogen and oxygen atoms in total. The van der Waals surface area contributed by atoms with E-state index in [4.69, 9.17) is 0 Å². The number of anilines is 2. The Bertz CT molecular complexity index is 724. The average molecular weight is 318 g/mol. The van der Waals surface area contributed by atoms with Crippen molar-refractivity contribution in [2.45, 2.75) is 6.92 Å². The van der Waals surface area contributed by atoms with Crippen LogP contribution in [0.1, 0.15) is 27.0 Å². The van der Waals surface area contributed by atoms with Crippen molar-refractivity contribution in [2.75, 3.05) is 17.7 Å². The third-order valence-electron chi connectivity index (χ3n) is 2.67. The molecule has 0 aliphatic rings. The van der Waals surface area contributed by atoms with Crippen LogP contribution >= 0.6 is 11.3 Å². The van der Waals surface area contributed by atoms with E-state index in [9.17, 15) is 14.4 Å². The first-order chi connectivity index (χ1) is 10.5. The first-order valence-electron chi connectivity index (χ1n) is 6.37. The number of amides is 2. The van der Waals surface area contributed by atoms with Gasteiger partial charge in [0.25, 0.3) is 5.91 Å². The van der Waals surface area contributed by atoms with Gasteiger partial charge in [-0.25, -0.2) is 4.79 Å². The maximum absolute atomic E-state index is 12.1. The van der Waals surface area contributed by atoms with E-state index in [0.29, 0.717) is 21.1 Å². The van der Waals surface area contributed by atoms with Crippen LogP contribution in [0.4, 0.5) is 10.7 Å². The monoisotopic (exact) mass is 318 g/mol. The smallest absolute Gasteiger partial charge is 0.337 e. The van der Waals surface area contributed by atoms with E-state index >= 15 is 0 Å². The Hall–Kier alpha value is -2.67. The minimum absolute atomic E-state index is 0.195. The van der Waals surface area contributed by atoms with Crippen molar-refractivity contribution < 1.29 is 19.1 Å². The topological polar surface area (TPSA) is 84.5 Å². The minimum Gasteiger partial charge on any atom is -0.465 e. The Balaban J connectivity index is 2.10. The van der Waals surface area contributed by atoms with Crippen LogP contribution in [-0.2, 0) is 9.53 Å². The van der Waals surface area contributed by atoms with E-state index in [1.54, 1.807) is 30.3 Å². The SMILES string of the molecule is COC(=O)c1cccc(NC(=O)c2ccc(NC(C)=O)s2)c1. The lowest BCUT2D eigenvalue weighted by Gasteiger charge is -2.05. The summed E-state index contributed by atoms with van der Waals surface area (Å²) < 4.78 is 4.63. The molecule has 0 saturated heterocycles. The van der Waals surface area contributed by atoms with Crippen LogP contribution in [0.5, 0.6) is 0 Å². The van der Waals surface area contributed by atoms with Crippen LogP contribution in [0.15, 0.2) is 36.4 Å². The van der Waals surface area contributed by atoms with Crippen LogP contribution in [0.3, 0.4) is 0 Å². The lowest BCUT2D eigenvalue weighted by atomic mass is 10.2. The number of rotatable bonds is 4. The quantitative estimate of drug-likeness (QED) is 0.849. The maximum atomic E-state index is 12.1. The molecule has 0 atom stereocenters. The molecule has 2 N–H and O–H groups in total. The highest BCUT2D eigenvalue weighted by molar-refractivity contribution is 7.18. The Labute approximate surface area is 131 Å². The Morgan fingerprint density at radius 2 is 1.86 bits per heavy atom. The van der Waals surface area contributed by atoms with Gasteiger partial charge in [0.15, 0.2) is 0 Å². The summed E-state index contributed by atoms with van der Waals surface area (Å²) in [5.41, 5.74) is 0.841. The molecule has 0 aliphatic heterocycles. The molecule has 2 amide bonds. The molecule has 1 aromatic heterocycles. The third kappa shape index (κ3) is 3.92. The first-order valence-corrected chi connectivity index (χ1v) is 7.18. The molecule has 0 spiro atoms. The minimum atomic E-state index is -0.472. The van der Waals surface area contributed by atoms with Crippen molar-refractivity contribution in [3.63, 3.8) is 0 Å². The molecule has 0 bridgehead atoms. The standard InChI is InChI=1S/C15H14N2O4S/c1-9(18)16-13-7-6-12(22-13)14(19)17-11-5-3-4-10(8-11)15(20)21-2/h3-8H,1-2H3,(H,16,18)(H,17,19). The number of esters is 1. The number of nitrogens with one attached hydrogen (secondary N) is 2. The second-order valence-corrected chi connectivity index (χ2v) is 5.46. The third-order valence-corrected chi connectivity index (χ3v) is 3.67. The second-order valence-electron chi connectivity index (χ2n) is 4.37. The van der Waals surface area contributed by atoms with E-state index in [2.05, 4.69) is 15.4 Å². The summed E-state index contributed by atoms with van der Waals surface area (Å²) in [6.07, 6.45) is 0.